The number of aromatic nitrogens is 1. The highest BCUT2D eigenvalue weighted by Gasteiger charge is 2.18. The summed E-state index contributed by atoms with van der Waals surface area (Å²) in [6.45, 7) is 0. The lowest BCUT2D eigenvalue weighted by Gasteiger charge is -2.12. The van der Waals surface area contributed by atoms with Crippen molar-refractivity contribution in [2.75, 3.05) is 0 Å². The zero-order valence-electron chi connectivity index (χ0n) is 25.4. The standard InChI is InChI=1S/C45H27NO/c1-2-10-30(11-3-1)45-37-23-25-42-44(43(37)36-16-8-9-17-40(36)46-45)39-26-31(22-24-41(39)47-42)28-18-20-29(21-19-28)38-27-32-12-4-5-13-33(32)34-14-6-7-15-35(34)38/h1-27H. The molecule has 10 aromatic rings. The maximum atomic E-state index is 6.48. The summed E-state index contributed by atoms with van der Waals surface area (Å²) in [6, 6.07) is 58.4. The van der Waals surface area contributed by atoms with E-state index in [4.69, 9.17) is 9.40 Å². The van der Waals surface area contributed by atoms with Crippen LogP contribution in [0, 0.1) is 0 Å². The predicted octanol–water partition coefficient (Wildman–Crippen LogP) is 12.6. The normalized spacial score (nSPS) is 11.8. The third kappa shape index (κ3) is 4.02. The third-order valence-corrected chi connectivity index (χ3v) is 9.64. The van der Waals surface area contributed by atoms with Crippen LogP contribution in [0.4, 0.5) is 0 Å². The lowest BCUT2D eigenvalue weighted by Crippen LogP contribution is -1.90. The number of hydrogen-bond donors (Lipinski definition) is 0. The minimum absolute atomic E-state index is 0.887. The second-order valence-electron chi connectivity index (χ2n) is 12.3. The molecule has 0 aliphatic heterocycles. The molecule has 0 atom stereocenters. The lowest BCUT2D eigenvalue weighted by molar-refractivity contribution is 0.669. The van der Waals surface area contributed by atoms with Gasteiger partial charge in [0.25, 0.3) is 0 Å². The molecule has 0 spiro atoms. The zero-order valence-corrected chi connectivity index (χ0v) is 25.4. The van der Waals surface area contributed by atoms with Crippen LogP contribution in [0.3, 0.4) is 0 Å². The van der Waals surface area contributed by atoms with Crippen molar-refractivity contribution in [2.24, 2.45) is 0 Å². The van der Waals surface area contributed by atoms with Crippen LogP contribution in [0.25, 0.3) is 98.7 Å². The molecule has 0 aliphatic rings. The molecule has 0 saturated heterocycles. The number of rotatable bonds is 3. The summed E-state index contributed by atoms with van der Waals surface area (Å²) >= 11 is 0. The molecule has 2 heteroatoms. The molecule has 10 rings (SSSR count). The van der Waals surface area contributed by atoms with Gasteiger partial charge in [0.15, 0.2) is 0 Å². The van der Waals surface area contributed by atoms with Crippen molar-refractivity contribution in [3.63, 3.8) is 0 Å². The molecule has 0 bridgehead atoms. The Labute approximate surface area is 271 Å². The van der Waals surface area contributed by atoms with Crippen LogP contribution in [0.1, 0.15) is 0 Å². The van der Waals surface area contributed by atoms with Crippen LogP contribution < -0.4 is 0 Å². The number of para-hydroxylation sites is 1. The van der Waals surface area contributed by atoms with E-state index in [0.29, 0.717) is 0 Å². The van der Waals surface area contributed by atoms with Crippen molar-refractivity contribution in [3.05, 3.63) is 164 Å². The molecule has 0 fully saturated rings. The average molecular weight is 598 g/mol. The molecule has 0 saturated carbocycles. The van der Waals surface area contributed by atoms with Crippen LogP contribution in [-0.2, 0) is 0 Å². The zero-order chi connectivity index (χ0) is 30.9. The van der Waals surface area contributed by atoms with E-state index in [2.05, 4.69) is 158 Å². The maximum absolute atomic E-state index is 6.48. The van der Waals surface area contributed by atoms with E-state index in [1.54, 1.807) is 0 Å². The van der Waals surface area contributed by atoms with Crippen molar-refractivity contribution < 1.29 is 4.42 Å². The Balaban J connectivity index is 1.16. The molecule has 47 heavy (non-hydrogen) atoms. The smallest absolute Gasteiger partial charge is 0.136 e. The molecule has 8 aromatic carbocycles. The number of benzene rings is 8. The minimum atomic E-state index is 0.887. The highest BCUT2D eigenvalue weighted by atomic mass is 16.3. The quantitative estimate of drug-likeness (QED) is 0.189. The molecular weight excluding hydrogens is 571 g/mol. The molecule has 0 unspecified atom stereocenters. The summed E-state index contributed by atoms with van der Waals surface area (Å²) in [5, 5.41) is 10.8. The van der Waals surface area contributed by atoms with E-state index in [9.17, 15) is 0 Å². The van der Waals surface area contributed by atoms with Gasteiger partial charge in [-0.25, -0.2) is 4.98 Å². The van der Waals surface area contributed by atoms with E-state index in [1.807, 2.05) is 6.07 Å². The molecule has 0 N–H and O–H groups in total. The highest BCUT2D eigenvalue weighted by molar-refractivity contribution is 6.28. The fourth-order valence-electron chi connectivity index (χ4n) is 7.44. The third-order valence-electron chi connectivity index (χ3n) is 9.64. The van der Waals surface area contributed by atoms with Gasteiger partial charge in [-0.15, -0.1) is 0 Å². The van der Waals surface area contributed by atoms with Gasteiger partial charge in [0.2, 0.25) is 0 Å². The molecule has 0 radical (unpaired) electrons. The van der Waals surface area contributed by atoms with Gasteiger partial charge in [-0.2, -0.15) is 0 Å². The lowest BCUT2D eigenvalue weighted by atomic mass is 9.92. The topological polar surface area (TPSA) is 26.0 Å². The Morgan fingerprint density at radius 3 is 1.87 bits per heavy atom. The largest absolute Gasteiger partial charge is 0.456 e. The van der Waals surface area contributed by atoms with Gasteiger partial charge in [-0.1, -0.05) is 127 Å². The second-order valence-corrected chi connectivity index (χ2v) is 12.3. The Kier molecular flexibility index (Phi) is 5.61. The first-order chi connectivity index (χ1) is 23.3. The predicted molar refractivity (Wildman–Crippen MR) is 198 cm³/mol. The van der Waals surface area contributed by atoms with Crippen LogP contribution in [0.5, 0.6) is 0 Å². The van der Waals surface area contributed by atoms with Crippen molar-refractivity contribution >= 4 is 65.2 Å². The van der Waals surface area contributed by atoms with Crippen LogP contribution >= 0.6 is 0 Å². The Bertz CT molecular complexity index is 2830. The van der Waals surface area contributed by atoms with Gasteiger partial charge in [0.05, 0.1) is 11.2 Å². The number of pyridine rings is 1. The van der Waals surface area contributed by atoms with Crippen molar-refractivity contribution in [3.8, 4) is 33.5 Å². The number of hydrogen-bond acceptors (Lipinski definition) is 2. The van der Waals surface area contributed by atoms with Gasteiger partial charge in [0.1, 0.15) is 11.2 Å². The molecule has 2 heterocycles. The van der Waals surface area contributed by atoms with Crippen LogP contribution in [-0.4, -0.2) is 4.98 Å². The van der Waals surface area contributed by atoms with Gasteiger partial charge in [-0.3, -0.25) is 0 Å². The van der Waals surface area contributed by atoms with E-state index in [-0.39, 0.29) is 0 Å². The van der Waals surface area contributed by atoms with E-state index in [0.717, 1.165) is 55.0 Å². The number of furan rings is 1. The first-order valence-electron chi connectivity index (χ1n) is 16.0. The molecular formula is C45H27NO. The van der Waals surface area contributed by atoms with E-state index >= 15 is 0 Å². The average Bonchev–Trinajstić information content (AvgIpc) is 3.53. The van der Waals surface area contributed by atoms with Gasteiger partial charge in [-0.05, 0) is 80.2 Å². The van der Waals surface area contributed by atoms with Gasteiger partial charge < -0.3 is 4.42 Å². The summed E-state index contributed by atoms with van der Waals surface area (Å²) in [6.07, 6.45) is 0. The summed E-state index contributed by atoms with van der Waals surface area (Å²) in [7, 11) is 0. The minimum Gasteiger partial charge on any atom is -0.456 e. The summed E-state index contributed by atoms with van der Waals surface area (Å²) in [5.41, 5.74) is 9.65. The molecule has 0 amide bonds. The Morgan fingerprint density at radius 2 is 1.02 bits per heavy atom. The van der Waals surface area contributed by atoms with Gasteiger partial charge in [0, 0.05) is 32.5 Å². The SMILES string of the molecule is c1ccc(-c2nc3ccccc3c3c2ccc2oc4ccc(-c5ccc(-c6cc7ccccc7c7ccccc67)cc5)cc4c23)cc1. The highest BCUT2D eigenvalue weighted by Crippen LogP contribution is 2.42. The van der Waals surface area contributed by atoms with E-state index in [1.165, 1.54) is 43.6 Å². The van der Waals surface area contributed by atoms with Crippen molar-refractivity contribution in [2.45, 2.75) is 0 Å². The fourth-order valence-corrected chi connectivity index (χ4v) is 7.44. The molecule has 2 nitrogen and oxygen atoms in total. The monoisotopic (exact) mass is 597 g/mol. The summed E-state index contributed by atoms with van der Waals surface area (Å²) in [5.74, 6) is 0. The van der Waals surface area contributed by atoms with Crippen LogP contribution in [0.2, 0.25) is 0 Å². The van der Waals surface area contributed by atoms with Crippen molar-refractivity contribution in [1.29, 1.82) is 0 Å². The first kappa shape index (κ1) is 26.0. The fraction of sp³-hybridized carbons (Fsp3) is 0. The summed E-state index contributed by atoms with van der Waals surface area (Å²) < 4.78 is 6.48. The molecule has 218 valence electrons. The maximum Gasteiger partial charge on any atom is 0.136 e. The second kappa shape index (κ2) is 10.1. The first-order valence-corrected chi connectivity index (χ1v) is 16.0. The number of fused-ring (bicyclic) bond motifs is 10. The number of nitrogens with zero attached hydrogens (tertiary/aromatic N) is 1. The van der Waals surface area contributed by atoms with Crippen molar-refractivity contribution in [1.82, 2.24) is 4.98 Å². The Morgan fingerprint density at radius 1 is 0.362 bits per heavy atom. The van der Waals surface area contributed by atoms with E-state index < -0.39 is 0 Å². The summed E-state index contributed by atoms with van der Waals surface area (Å²) in [4.78, 5) is 5.15. The molecule has 2 aromatic heterocycles. The van der Waals surface area contributed by atoms with Crippen LogP contribution in [0.15, 0.2) is 168 Å². The van der Waals surface area contributed by atoms with Gasteiger partial charge >= 0.3 is 0 Å². The molecule has 0 aliphatic carbocycles. The Hall–Kier alpha value is -6.25.